The third-order valence-corrected chi connectivity index (χ3v) is 2.36. The molecule has 0 aliphatic heterocycles. The quantitative estimate of drug-likeness (QED) is 0.866. The summed E-state index contributed by atoms with van der Waals surface area (Å²) < 4.78 is 42.4. The number of hydrogen-bond acceptors (Lipinski definition) is 2. The minimum absolute atomic E-state index is 0.114. The molecule has 0 heterocycles. The number of methoxy groups -OCH3 is 1. The molecule has 0 fully saturated rings. The molecule has 1 unspecified atom stereocenters. The highest BCUT2D eigenvalue weighted by atomic mass is 19.4. The number of halogens is 3. The number of nitrogens with two attached hydrogens (primary N) is 1. The second kappa shape index (κ2) is 5.21. The van der Waals surface area contributed by atoms with Gasteiger partial charge in [0.2, 0.25) is 0 Å². The molecule has 0 radical (unpaired) electrons. The molecule has 1 aromatic rings. The number of benzene rings is 1. The summed E-state index contributed by atoms with van der Waals surface area (Å²) in [6, 6.07) is 6.58. The van der Waals surface area contributed by atoms with Gasteiger partial charge in [-0.25, -0.2) is 0 Å². The normalized spacial score (nSPS) is 13.6. The van der Waals surface area contributed by atoms with Gasteiger partial charge in [-0.15, -0.1) is 0 Å². The van der Waals surface area contributed by atoms with Gasteiger partial charge in [0.1, 0.15) is 5.75 Å². The van der Waals surface area contributed by atoms with Gasteiger partial charge in [0.25, 0.3) is 0 Å². The van der Waals surface area contributed by atoms with Crippen molar-refractivity contribution in [2.45, 2.75) is 12.6 Å². The maximum atomic E-state index is 12.5. The Morgan fingerprint density at radius 3 is 2.56 bits per heavy atom. The molecule has 0 aliphatic rings. The van der Waals surface area contributed by atoms with Crippen LogP contribution >= 0.6 is 0 Å². The van der Waals surface area contributed by atoms with E-state index in [0.717, 1.165) is 0 Å². The van der Waals surface area contributed by atoms with Crippen LogP contribution in [0.4, 0.5) is 13.2 Å². The minimum atomic E-state index is -4.25. The fourth-order valence-corrected chi connectivity index (χ4v) is 1.42. The molecule has 1 aromatic carbocycles. The number of ether oxygens (including phenoxy) is 1. The van der Waals surface area contributed by atoms with E-state index in [-0.39, 0.29) is 6.42 Å². The van der Waals surface area contributed by atoms with Crippen molar-refractivity contribution in [1.29, 1.82) is 0 Å². The molecule has 0 saturated heterocycles. The van der Waals surface area contributed by atoms with Crippen molar-refractivity contribution in [2.24, 2.45) is 11.7 Å². The average Bonchev–Trinajstić information content (AvgIpc) is 2.24. The molecule has 0 aliphatic carbocycles. The summed E-state index contributed by atoms with van der Waals surface area (Å²) in [5, 5.41) is 0. The Morgan fingerprint density at radius 1 is 1.38 bits per heavy atom. The third kappa shape index (κ3) is 3.41. The highest BCUT2D eigenvalue weighted by Gasteiger charge is 2.38. The van der Waals surface area contributed by atoms with Crippen LogP contribution in [0.15, 0.2) is 24.3 Å². The number of rotatable bonds is 4. The van der Waals surface area contributed by atoms with Crippen molar-refractivity contribution in [2.75, 3.05) is 13.7 Å². The molecule has 0 aromatic heterocycles. The minimum Gasteiger partial charge on any atom is -0.497 e. The van der Waals surface area contributed by atoms with E-state index in [1.54, 1.807) is 24.3 Å². The molecule has 5 heteroatoms. The zero-order valence-corrected chi connectivity index (χ0v) is 8.92. The SMILES string of the molecule is COc1cccc(CC(CN)C(F)(F)F)c1. The Morgan fingerprint density at radius 2 is 2.06 bits per heavy atom. The summed E-state index contributed by atoms with van der Waals surface area (Å²) >= 11 is 0. The average molecular weight is 233 g/mol. The molecule has 2 N–H and O–H groups in total. The van der Waals surface area contributed by atoms with Crippen molar-refractivity contribution in [3.63, 3.8) is 0 Å². The van der Waals surface area contributed by atoms with Gasteiger partial charge in [-0.05, 0) is 24.1 Å². The lowest BCUT2D eigenvalue weighted by atomic mass is 9.99. The molecule has 0 amide bonds. The summed E-state index contributed by atoms with van der Waals surface area (Å²) in [5.41, 5.74) is 5.70. The van der Waals surface area contributed by atoms with Gasteiger partial charge in [0.05, 0.1) is 13.0 Å². The summed E-state index contributed by atoms with van der Waals surface area (Å²) in [6.45, 7) is -0.402. The molecule has 2 nitrogen and oxygen atoms in total. The number of alkyl halides is 3. The summed E-state index contributed by atoms with van der Waals surface area (Å²) in [6.07, 6.45) is -4.37. The zero-order valence-electron chi connectivity index (χ0n) is 8.92. The highest BCUT2D eigenvalue weighted by Crippen LogP contribution is 2.29. The van der Waals surface area contributed by atoms with Gasteiger partial charge in [-0.3, -0.25) is 0 Å². The lowest BCUT2D eigenvalue weighted by Crippen LogP contribution is -2.31. The lowest BCUT2D eigenvalue weighted by Gasteiger charge is -2.18. The maximum Gasteiger partial charge on any atom is 0.393 e. The second-order valence-electron chi connectivity index (χ2n) is 3.53. The lowest BCUT2D eigenvalue weighted by molar-refractivity contribution is -0.171. The molecule has 0 spiro atoms. The van der Waals surface area contributed by atoms with Crippen LogP contribution in [0.5, 0.6) is 5.75 Å². The molecule has 16 heavy (non-hydrogen) atoms. The molecule has 0 bridgehead atoms. The molecule has 90 valence electrons. The van der Waals surface area contributed by atoms with Gasteiger partial charge in [-0.2, -0.15) is 13.2 Å². The van der Waals surface area contributed by atoms with Gasteiger partial charge in [0.15, 0.2) is 0 Å². The maximum absolute atomic E-state index is 12.5. The Balaban J connectivity index is 2.78. The van der Waals surface area contributed by atoms with E-state index >= 15 is 0 Å². The molecular formula is C11H14F3NO. The number of hydrogen-bond donors (Lipinski definition) is 1. The first-order chi connectivity index (χ1) is 7.47. The van der Waals surface area contributed by atoms with Crippen molar-refractivity contribution < 1.29 is 17.9 Å². The Kier molecular flexibility index (Phi) is 4.18. The van der Waals surface area contributed by atoms with Crippen molar-refractivity contribution in [3.8, 4) is 5.75 Å². The zero-order chi connectivity index (χ0) is 12.2. The summed E-state index contributed by atoms with van der Waals surface area (Å²) in [5.74, 6) is -0.949. The molecule has 0 saturated carbocycles. The monoisotopic (exact) mass is 233 g/mol. The summed E-state index contributed by atoms with van der Waals surface area (Å²) in [4.78, 5) is 0. The van der Waals surface area contributed by atoms with Crippen LogP contribution in [0.2, 0.25) is 0 Å². The van der Waals surface area contributed by atoms with Gasteiger partial charge in [0, 0.05) is 6.54 Å². The van der Waals surface area contributed by atoms with Crippen LogP contribution in [0.1, 0.15) is 5.56 Å². The van der Waals surface area contributed by atoms with Crippen LogP contribution in [-0.2, 0) is 6.42 Å². The molecule has 1 rings (SSSR count). The van der Waals surface area contributed by atoms with Crippen LogP contribution in [0.3, 0.4) is 0 Å². The van der Waals surface area contributed by atoms with Crippen LogP contribution in [0, 0.1) is 5.92 Å². The molecular weight excluding hydrogens is 219 g/mol. The Bertz CT molecular complexity index is 338. The smallest absolute Gasteiger partial charge is 0.393 e. The van der Waals surface area contributed by atoms with Gasteiger partial charge >= 0.3 is 6.18 Å². The topological polar surface area (TPSA) is 35.2 Å². The first-order valence-corrected chi connectivity index (χ1v) is 4.87. The van der Waals surface area contributed by atoms with Crippen molar-refractivity contribution >= 4 is 0 Å². The highest BCUT2D eigenvalue weighted by molar-refractivity contribution is 5.28. The fourth-order valence-electron chi connectivity index (χ4n) is 1.42. The van der Waals surface area contributed by atoms with Crippen molar-refractivity contribution in [3.05, 3.63) is 29.8 Å². The van der Waals surface area contributed by atoms with Gasteiger partial charge < -0.3 is 10.5 Å². The van der Waals surface area contributed by atoms with E-state index in [9.17, 15) is 13.2 Å². The second-order valence-corrected chi connectivity index (χ2v) is 3.53. The fraction of sp³-hybridized carbons (Fsp3) is 0.455. The van der Waals surface area contributed by atoms with E-state index in [4.69, 9.17) is 10.5 Å². The largest absolute Gasteiger partial charge is 0.497 e. The van der Waals surface area contributed by atoms with E-state index in [1.165, 1.54) is 7.11 Å². The Labute approximate surface area is 92.2 Å². The van der Waals surface area contributed by atoms with Gasteiger partial charge in [-0.1, -0.05) is 12.1 Å². The van der Waals surface area contributed by atoms with E-state index in [1.807, 2.05) is 0 Å². The van der Waals surface area contributed by atoms with Crippen molar-refractivity contribution in [1.82, 2.24) is 0 Å². The predicted molar refractivity (Wildman–Crippen MR) is 55.3 cm³/mol. The molecule has 1 atom stereocenters. The first kappa shape index (κ1) is 12.8. The van der Waals surface area contributed by atoms with E-state index in [2.05, 4.69) is 0 Å². The van der Waals surface area contributed by atoms with E-state index < -0.39 is 18.6 Å². The van der Waals surface area contributed by atoms with E-state index in [0.29, 0.717) is 11.3 Å². The Hall–Kier alpha value is -1.23. The first-order valence-electron chi connectivity index (χ1n) is 4.87. The predicted octanol–water partition coefficient (Wildman–Crippen LogP) is 2.37. The van der Waals surface area contributed by atoms with Crippen LogP contribution in [-0.4, -0.2) is 19.8 Å². The van der Waals surface area contributed by atoms with Crippen LogP contribution < -0.4 is 10.5 Å². The standard InChI is InChI=1S/C11H14F3NO/c1-16-10-4-2-3-8(6-10)5-9(7-15)11(12,13)14/h2-4,6,9H,5,7,15H2,1H3. The third-order valence-electron chi connectivity index (χ3n) is 2.36. The van der Waals surface area contributed by atoms with Crippen LogP contribution in [0.25, 0.3) is 0 Å². The summed E-state index contributed by atoms with van der Waals surface area (Å²) in [7, 11) is 1.48.